The minimum Gasteiger partial charge on any atom is -0.423 e. The highest BCUT2D eigenvalue weighted by Crippen LogP contribution is 2.18. The van der Waals surface area contributed by atoms with Crippen LogP contribution < -0.4 is 11.1 Å². The van der Waals surface area contributed by atoms with Crippen molar-refractivity contribution >= 4 is 21.7 Å². The highest BCUT2D eigenvalue weighted by molar-refractivity contribution is 7.85. The molecular formula is C19H20N4O5S. The third-order valence-electron chi connectivity index (χ3n) is 4.10. The molecule has 3 aromatic rings. The summed E-state index contributed by atoms with van der Waals surface area (Å²) in [5, 5.41) is 10.5. The van der Waals surface area contributed by atoms with Gasteiger partial charge in [-0.1, -0.05) is 36.4 Å². The zero-order valence-corrected chi connectivity index (χ0v) is 16.2. The number of nitrogens with one attached hydrogen (secondary N) is 1. The summed E-state index contributed by atoms with van der Waals surface area (Å²) in [7, 11) is -4.34. The van der Waals surface area contributed by atoms with E-state index in [-0.39, 0.29) is 35.2 Å². The molecule has 4 N–H and O–H groups in total. The van der Waals surface area contributed by atoms with Gasteiger partial charge in [0.25, 0.3) is 10.1 Å². The highest BCUT2D eigenvalue weighted by atomic mass is 32.2. The minimum absolute atomic E-state index is 0.0632. The van der Waals surface area contributed by atoms with Crippen LogP contribution in [0.3, 0.4) is 0 Å². The summed E-state index contributed by atoms with van der Waals surface area (Å²) >= 11 is 0. The normalized spacial score (nSPS) is 12.5. The molecule has 0 saturated carbocycles. The van der Waals surface area contributed by atoms with Crippen molar-refractivity contribution in [2.24, 2.45) is 5.73 Å². The maximum absolute atomic E-state index is 12.1. The van der Waals surface area contributed by atoms with Crippen LogP contribution in [0.25, 0.3) is 0 Å². The molecule has 2 aromatic carbocycles. The first-order valence-electron chi connectivity index (χ1n) is 8.80. The van der Waals surface area contributed by atoms with Crippen LogP contribution in [0.4, 0.5) is 5.69 Å². The van der Waals surface area contributed by atoms with Gasteiger partial charge in [0, 0.05) is 12.1 Å². The van der Waals surface area contributed by atoms with Crippen molar-refractivity contribution in [2.75, 3.05) is 5.32 Å². The van der Waals surface area contributed by atoms with E-state index >= 15 is 0 Å². The fraction of sp³-hybridized carbons (Fsp3) is 0.211. The number of rotatable bonds is 8. The number of nitrogens with zero attached hydrogens (tertiary/aromatic N) is 2. The van der Waals surface area contributed by atoms with Gasteiger partial charge in [0.1, 0.15) is 0 Å². The molecule has 0 aliphatic rings. The second kappa shape index (κ2) is 8.95. The molecule has 0 saturated heterocycles. The number of benzene rings is 2. The van der Waals surface area contributed by atoms with Gasteiger partial charge >= 0.3 is 0 Å². The molecule has 9 nitrogen and oxygen atoms in total. The van der Waals surface area contributed by atoms with Crippen LogP contribution in [0, 0.1) is 0 Å². The van der Waals surface area contributed by atoms with Crippen molar-refractivity contribution in [2.45, 2.75) is 30.2 Å². The van der Waals surface area contributed by atoms with Crippen LogP contribution in [0.2, 0.25) is 0 Å². The topological polar surface area (TPSA) is 148 Å². The number of anilines is 1. The molecule has 10 heteroatoms. The molecule has 1 heterocycles. The summed E-state index contributed by atoms with van der Waals surface area (Å²) in [6.45, 7) is 0. The van der Waals surface area contributed by atoms with Crippen molar-refractivity contribution in [3.8, 4) is 0 Å². The Balaban J connectivity index is 1.53. The Morgan fingerprint density at radius 1 is 1.14 bits per heavy atom. The molecule has 0 aliphatic carbocycles. The van der Waals surface area contributed by atoms with Crippen molar-refractivity contribution in [1.29, 1.82) is 0 Å². The second-order valence-corrected chi connectivity index (χ2v) is 7.81. The lowest BCUT2D eigenvalue weighted by atomic mass is 10.1. The van der Waals surface area contributed by atoms with E-state index in [0.717, 1.165) is 5.56 Å². The summed E-state index contributed by atoms with van der Waals surface area (Å²) in [4.78, 5) is 11.8. The first-order chi connectivity index (χ1) is 13.8. The minimum atomic E-state index is -4.34. The maximum Gasteiger partial charge on any atom is 0.294 e. The van der Waals surface area contributed by atoms with Gasteiger partial charge in [-0.2, -0.15) is 8.42 Å². The Morgan fingerprint density at radius 3 is 2.62 bits per heavy atom. The van der Waals surface area contributed by atoms with Gasteiger partial charge in [0.15, 0.2) is 0 Å². The standard InChI is InChI=1S/C19H20N4O5S/c20-16(19-23-22-18(28-19)11-13-5-2-1-3-6-13)9-10-17(24)21-14-7-4-8-15(12-14)29(25,26)27/h1-8,12,16H,9-11,20H2,(H,21,24)(H,25,26,27)/t16-/m0/s1. The lowest BCUT2D eigenvalue weighted by Crippen LogP contribution is -2.17. The van der Waals surface area contributed by atoms with E-state index in [1.165, 1.54) is 24.3 Å². The van der Waals surface area contributed by atoms with Crippen LogP contribution in [-0.2, 0) is 21.3 Å². The maximum atomic E-state index is 12.1. The van der Waals surface area contributed by atoms with E-state index in [0.29, 0.717) is 12.3 Å². The van der Waals surface area contributed by atoms with E-state index in [1.54, 1.807) is 0 Å². The first kappa shape index (κ1) is 20.6. The number of aromatic nitrogens is 2. The van der Waals surface area contributed by atoms with Gasteiger partial charge < -0.3 is 15.5 Å². The number of hydrogen-bond acceptors (Lipinski definition) is 7. The zero-order valence-electron chi connectivity index (χ0n) is 15.4. The van der Waals surface area contributed by atoms with Crippen LogP contribution in [0.15, 0.2) is 63.9 Å². The smallest absolute Gasteiger partial charge is 0.294 e. The van der Waals surface area contributed by atoms with E-state index in [4.69, 9.17) is 14.7 Å². The molecular weight excluding hydrogens is 396 g/mol. The second-order valence-electron chi connectivity index (χ2n) is 6.39. The summed E-state index contributed by atoms with van der Waals surface area (Å²) < 4.78 is 37.0. The number of hydrogen-bond donors (Lipinski definition) is 3. The van der Waals surface area contributed by atoms with Crippen molar-refractivity contribution in [3.05, 3.63) is 71.9 Å². The molecule has 152 valence electrons. The molecule has 0 unspecified atom stereocenters. The molecule has 1 aromatic heterocycles. The van der Waals surface area contributed by atoms with Gasteiger partial charge in [0.2, 0.25) is 17.7 Å². The Kier molecular flexibility index (Phi) is 6.37. The van der Waals surface area contributed by atoms with E-state index in [9.17, 15) is 13.2 Å². The largest absolute Gasteiger partial charge is 0.423 e. The molecule has 3 rings (SSSR count). The van der Waals surface area contributed by atoms with Gasteiger partial charge in [0.05, 0.1) is 17.4 Å². The summed E-state index contributed by atoms with van der Waals surface area (Å²) in [6.07, 6.45) is 0.815. The molecule has 0 aliphatic heterocycles. The fourth-order valence-electron chi connectivity index (χ4n) is 2.63. The van der Waals surface area contributed by atoms with E-state index < -0.39 is 16.2 Å². The Labute approximate surface area is 167 Å². The van der Waals surface area contributed by atoms with Crippen LogP contribution in [0.1, 0.15) is 36.2 Å². The number of nitrogens with two attached hydrogens (primary N) is 1. The van der Waals surface area contributed by atoms with Crippen LogP contribution >= 0.6 is 0 Å². The van der Waals surface area contributed by atoms with Crippen molar-refractivity contribution < 1.29 is 22.2 Å². The summed E-state index contributed by atoms with van der Waals surface area (Å²) in [5.41, 5.74) is 7.32. The van der Waals surface area contributed by atoms with Gasteiger partial charge in [-0.15, -0.1) is 10.2 Å². The third kappa shape index (κ3) is 5.95. The van der Waals surface area contributed by atoms with Crippen LogP contribution in [-0.4, -0.2) is 29.1 Å². The van der Waals surface area contributed by atoms with Gasteiger partial charge in [-0.25, -0.2) is 0 Å². The quantitative estimate of drug-likeness (QED) is 0.474. The van der Waals surface area contributed by atoms with Crippen LogP contribution in [0.5, 0.6) is 0 Å². The number of carbonyl (C=O) groups is 1. The third-order valence-corrected chi connectivity index (χ3v) is 4.95. The Hall–Kier alpha value is -3.08. The fourth-order valence-corrected chi connectivity index (χ4v) is 3.15. The molecule has 29 heavy (non-hydrogen) atoms. The predicted octanol–water partition coefficient (Wildman–Crippen LogP) is 2.33. The van der Waals surface area contributed by atoms with Gasteiger partial charge in [-0.05, 0) is 30.2 Å². The Bertz CT molecular complexity index is 1080. The summed E-state index contributed by atoms with van der Waals surface area (Å²) in [5.74, 6) is 0.321. The monoisotopic (exact) mass is 416 g/mol. The SMILES string of the molecule is N[C@@H](CCC(=O)Nc1cccc(S(=O)(=O)O)c1)c1nnc(Cc2ccccc2)o1. The Morgan fingerprint density at radius 2 is 1.90 bits per heavy atom. The molecule has 0 spiro atoms. The average molecular weight is 416 g/mol. The lowest BCUT2D eigenvalue weighted by Gasteiger charge is -2.08. The molecule has 0 fully saturated rings. The van der Waals surface area contributed by atoms with Crippen molar-refractivity contribution in [1.82, 2.24) is 10.2 Å². The van der Waals surface area contributed by atoms with E-state index in [2.05, 4.69) is 15.5 Å². The molecule has 0 radical (unpaired) electrons. The predicted molar refractivity (Wildman–Crippen MR) is 105 cm³/mol. The first-order valence-corrected chi connectivity index (χ1v) is 10.2. The lowest BCUT2D eigenvalue weighted by molar-refractivity contribution is -0.116. The average Bonchev–Trinajstić information content (AvgIpc) is 3.15. The number of amides is 1. The molecule has 1 atom stereocenters. The number of carbonyl (C=O) groups excluding carboxylic acids is 1. The van der Waals surface area contributed by atoms with Crippen molar-refractivity contribution in [3.63, 3.8) is 0 Å². The molecule has 1 amide bonds. The van der Waals surface area contributed by atoms with E-state index in [1.807, 2.05) is 30.3 Å². The zero-order chi connectivity index (χ0) is 20.9. The highest BCUT2D eigenvalue weighted by Gasteiger charge is 2.17. The summed E-state index contributed by atoms with van der Waals surface area (Å²) in [6, 6.07) is 14.4. The molecule has 0 bridgehead atoms. The van der Waals surface area contributed by atoms with Gasteiger partial charge in [-0.3, -0.25) is 9.35 Å².